The van der Waals surface area contributed by atoms with E-state index < -0.39 is 0 Å². The van der Waals surface area contributed by atoms with Gasteiger partial charge in [0.05, 0.1) is 24.5 Å². The monoisotopic (exact) mass is 488 g/mol. The molecule has 7 heteroatoms. The van der Waals surface area contributed by atoms with Crippen LogP contribution in [0.2, 0.25) is 5.02 Å². The molecule has 0 radical (unpaired) electrons. The number of halogens is 2. The van der Waals surface area contributed by atoms with Gasteiger partial charge in [-0.1, -0.05) is 51.8 Å². The normalized spacial score (nSPS) is 15.1. The summed E-state index contributed by atoms with van der Waals surface area (Å²) >= 11 is 9.45. The zero-order chi connectivity index (χ0) is 20.9. The summed E-state index contributed by atoms with van der Waals surface area (Å²) in [5.74, 6) is -0.326. The Kier molecular flexibility index (Phi) is 6.89. The summed E-state index contributed by atoms with van der Waals surface area (Å²) < 4.78 is 11.9. The van der Waals surface area contributed by atoms with E-state index in [9.17, 15) is 4.79 Å². The molecule has 1 aromatic heterocycles. The van der Waals surface area contributed by atoms with E-state index in [1.165, 1.54) is 0 Å². The molecule has 1 fully saturated rings. The minimum atomic E-state index is -0.326. The van der Waals surface area contributed by atoms with Gasteiger partial charge in [0.2, 0.25) is 0 Å². The quantitative estimate of drug-likeness (QED) is 0.481. The van der Waals surface area contributed by atoms with Gasteiger partial charge in [-0.3, -0.25) is 4.90 Å². The Morgan fingerprint density at radius 1 is 1.17 bits per heavy atom. The number of carbonyl (C=O) groups is 1. The molecule has 0 bridgehead atoms. The Labute approximate surface area is 188 Å². The van der Waals surface area contributed by atoms with E-state index in [-0.39, 0.29) is 5.97 Å². The Bertz CT molecular complexity index is 1060. The summed E-state index contributed by atoms with van der Waals surface area (Å²) in [6.07, 6.45) is 3.84. The molecule has 156 valence electrons. The van der Waals surface area contributed by atoms with Gasteiger partial charge in [-0.05, 0) is 35.9 Å². The second kappa shape index (κ2) is 9.79. The van der Waals surface area contributed by atoms with E-state index >= 15 is 0 Å². The van der Waals surface area contributed by atoms with Crippen LogP contribution >= 0.6 is 27.5 Å². The smallest absolute Gasteiger partial charge is 0.340 e. The first-order chi connectivity index (χ1) is 14.6. The van der Waals surface area contributed by atoms with Gasteiger partial charge in [-0.15, -0.1) is 0 Å². The maximum absolute atomic E-state index is 13.0. The van der Waals surface area contributed by atoms with Gasteiger partial charge in [-0.2, -0.15) is 0 Å². The highest BCUT2D eigenvalue weighted by Gasteiger charge is 2.19. The van der Waals surface area contributed by atoms with E-state index in [0.29, 0.717) is 23.7 Å². The van der Waals surface area contributed by atoms with Crippen LogP contribution < -0.4 is 0 Å². The molecule has 5 nitrogen and oxygen atoms in total. The van der Waals surface area contributed by atoms with Crippen LogP contribution in [0.1, 0.15) is 21.6 Å². The summed E-state index contributed by atoms with van der Waals surface area (Å²) in [6.45, 7) is 4.25. The first-order valence-electron chi connectivity index (χ1n) is 9.82. The lowest BCUT2D eigenvalue weighted by atomic mass is 10.1. The molecule has 2 heterocycles. The number of H-pyrrole nitrogens is 1. The largest absolute Gasteiger partial charge is 0.461 e. The summed E-state index contributed by atoms with van der Waals surface area (Å²) in [6, 6.07) is 13.3. The zero-order valence-corrected chi connectivity index (χ0v) is 18.7. The molecular weight excluding hydrogens is 468 g/mol. The molecule has 2 aromatic carbocycles. The first kappa shape index (κ1) is 21.1. The molecule has 0 saturated carbocycles. The van der Waals surface area contributed by atoms with E-state index in [1.807, 2.05) is 54.6 Å². The number of esters is 1. The number of hydrogen-bond donors (Lipinski definition) is 1. The lowest BCUT2D eigenvalue weighted by Gasteiger charge is -2.26. The number of carbonyl (C=O) groups excluding carboxylic acids is 1. The van der Waals surface area contributed by atoms with Crippen molar-refractivity contribution in [3.8, 4) is 0 Å². The molecule has 0 unspecified atom stereocenters. The molecule has 0 aliphatic carbocycles. The number of benzene rings is 2. The SMILES string of the molecule is O=C(OCCN1CCOCC1)c1c(/C=C/c2ccc(Cl)cc2)[nH]c2cc(Br)ccc12. The summed E-state index contributed by atoms with van der Waals surface area (Å²) in [5.41, 5.74) is 3.13. The van der Waals surface area contributed by atoms with Crippen molar-refractivity contribution in [3.05, 3.63) is 68.8 Å². The average molecular weight is 490 g/mol. The number of ether oxygens (including phenoxy) is 2. The fourth-order valence-electron chi connectivity index (χ4n) is 3.45. The van der Waals surface area contributed by atoms with Gasteiger partial charge < -0.3 is 14.5 Å². The Balaban J connectivity index is 1.55. The van der Waals surface area contributed by atoms with E-state index in [2.05, 4.69) is 25.8 Å². The number of aromatic nitrogens is 1. The van der Waals surface area contributed by atoms with Gasteiger partial charge in [0.25, 0.3) is 0 Å². The first-order valence-corrected chi connectivity index (χ1v) is 11.0. The standard InChI is InChI=1S/C23H22BrClN2O3/c24-17-4-7-19-21(15-17)26-20(8-3-16-1-5-18(25)6-2-16)22(19)23(28)30-14-11-27-9-12-29-13-10-27/h1-8,15,26H,9-14H2/b8-3+. The van der Waals surface area contributed by atoms with Crippen LogP contribution in [0.5, 0.6) is 0 Å². The average Bonchev–Trinajstić information content (AvgIpc) is 3.11. The Morgan fingerprint density at radius 2 is 1.93 bits per heavy atom. The molecule has 0 amide bonds. The van der Waals surface area contributed by atoms with Crippen LogP contribution in [0.15, 0.2) is 46.9 Å². The van der Waals surface area contributed by atoms with Crippen molar-refractivity contribution in [1.29, 1.82) is 0 Å². The van der Waals surface area contributed by atoms with Gasteiger partial charge in [0, 0.05) is 40.0 Å². The van der Waals surface area contributed by atoms with Crippen molar-refractivity contribution in [2.75, 3.05) is 39.5 Å². The maximum Gasteiger partial charge on any atom is 0.340 e. The van der Waals surface area contributed by atoms with E-state index in [1.54, 1.807) is 0 Å². The minimum absolute atomic E-state index is 0.326. The predicted octanol–water partition coefficient (Wildman–Crippen LogP) is 5.24. The van der Waals surface area contributed by atoms with Crippen LogP contribution in [0.4, 0.5) is 0 Å². The highest BCUT2D eigenvalue weighted by molar-refractivity contribution is 9.10. The minimum Gasteiger partial charge on any atom is -0.461 e. The Morgan fingerprint density at radius 3 is 2.70 bits per heavy atom. The molecule has 4 rings (SSSR count). The molecule has 1 saturated heterocycles. The van der Waals surface area contributed by atoms with Gasteiger partial charge >= 0.3 is 5.97 Å². The third kappa shape index (κ3) is 5.13. The fourth-order valence-corrected chi connectivity index (χ4v) is 3.94. The lowest BCUT2D eigenvalue weighted by molar-refractivity contribution is 0.0196. The molecule has 30 heavy (non-hydrogen) atoms. The Hall–Kier alpha value is -2.12. The summed E-state index contributed by atoms with van der Waals surface area (Å²) in [7, 11) is 0. The maximum atomic E-state index is 13.0. The van der Waals surface area contributed by atoms with Crippen molar-refractivity contribution in [2.45, 2.75) is 0 Å². The van der Waals surface area contributed by atoms with Crippen molar-refractivity contribution in [3.63, 3.8) is 0 Å². The molecule has 0 spiro atoms. The van der Waals surface area contributed by atoms with Gasteiger partial charge in [0.1, 0.15) is 6.61 Å². The summed E-state index contributed by atoms with van der Waals surface area (Å²) in [5, 5.41) is 1.53. The highest BCUT2D eigenvalue weighted by atomic mass is 79.9. The van der Waals surface area contributed by atoms with Gasteiger partial charge in [0.15, 0.2) is 0 Å². The fraction of sp³-hybridized carbons (Fsp3) is 0.261. The van der Waals surface area contributed by atoms with Crippen LogP contribution in [-0.2, 0) is 9.47 Å². The highest BCUT2D eigenvalue weighted by Crippen LogP contribution is 2.28. The molecule has 1 N–H and O–H groups in total. The molecule has 3 aromatic rings. The van der Waals surface area contributed by atoms with E-state index in [4.69, 9.17) is 21.1 Å². The third-order valence-corrected chi connectivity index (χ3v) is 5.80. The molecule has 0 atom stereocenters. The van der Waals surface area contributed by atoms with Crippen LogP contribution in [0, 0.1) is 0 Å². The number of fused-ring (bicyclic) bond motifs is 1. The summed E-state index contributed by atoms with van der Waals surface area (Å²) in [4.78, 5) is 18.6. The number of hydrogen-bond acceptors (Lipinski definition) is 4. The second-order valence-corrected chi connectivity index (χ2v) is 8.43. The number of aromatic amines is 1. The van der Waals surface area contributed by atoms with Crippen molar-refractivity contribution in [2.24, 2.45) is 0 Å². The topological polar surface area (TPSA) is 54.6 Å². The van der Waals surface area contributed by atoms with Crippen molar-refractivity contribution in [1.82, 2.24) is 9.88 Å². The molecule has 1 aliphatic heterocycles. The lowest BCUT2D eigenvalue weighted by Crippen LogP contribution is -2.38. The number of morpholine rings is 1. The number of nitrogens with one attached hydrogen (secondary N) is 1. The predicted molar refractivity (Wildman–Crippen MR) is 124 cm³/mol. The van der Waals surface area contributed by atoms with Crippen LogP contribution in [0.3, 0.4) is 0 Å². The molecule has 1 aliphatic rings. The molecular formula is C23H22BrClN2O3. The van der Waals surface area contributed by atoms with Gasteiger partial charge in [-0.25, -0.2) is 4.79 Å². The number of rotatable bonds is 6. The van der Waals surface area contributed by atoms with E-state index in [0.717, 1.165) is 52.9 Å². The van der Waals surface area contributed by atoms with Crippen LogP contribution in [0.25, 0.3) is 23.1 Å². The van der Waals surface area contributed by atoms with Crippen molar-refractivity contribution >= 4 is 56.6 Å². The second-order valence-electron chi connectivity index (χ2n) is 7.08. The number of nitrogens with zero attached hydrogens (tertiary/aromatic N) is 1. The third-order valence-electron chi connectivity index (χ3n) is 5.05. The van der Waals surface area contributed by atoms with Crippen LogP contribution in [-0.4, -0.2) is 55.3 Å². The van der Waals surface area contributed by atoms with Crippen molar-refractivity contribution < 1.29 is 14.3 Å². The zero-order valence-electron chi connectivity index (χ0n) is 16.4.